The molecular weight excluding hydrogens is 512 g/mol. The highest BCUT2D eigenvalue weighted by Crippen LogP contribution is 2.34. The lowest BCUT2D eigenvalue weighted by atomic mass is 9.99. The maximum atomic E-state index is 13.6. The van der Waals surface area contributed by atoms with E-state index in [1.54, 1.807) is 0 Å². The number of nitrogen functional groups attached to an aromatic ring is 1. The van der Waals surface area contributed by atoms with E-state index in [0.29, 0.717) is 30.5 Å². The van der Waals surface area contributed by atoms with Gasteiger partial charge in [-0.05, 0) is 63.6 Å². The SMILES string of the molecule is Cc1cc(-c2c(-c3ccccc3)nc(N)n3c(=O)n(CCN(C)C4CCN(c5ccccc5)CC4)nc23)cc(C)n1. The van der Waals surface area contributed by atoms with Crippen LogP contribution in [0.15, 0.2) is 77.6 Å². The standard InChI is InChI=1S/C32H36N8O/c1-22-20-25(21-23(2)34-22)28-29(24-10-6-4-7-11-24)35-31(33)40-30(28)36-39(32(40)41)19-18-37(3)26-14-16-38(17-15-26)27-12-8-5-9-13-27/h4-13,20-21,26H,14-19H2,1-3H3,(H2,33,35). The number of aromatic nitrogens is 5. The van der Waals surface area contributed by atoms with Crippen molar-refractivity contribution in [2.24, 2.45) is 0 Å². The number of pyridine rings is 1. The van der Waals surface area contributed by atoms with E-state index in [0.717, 1.165) is 54.0 Å². The van der Waals surface area contributed by atoms with Gasteiger partial charge in [0, 0.05) is 48.3 Å². The van der Waals surface area contributed by atoms with Crippen molar-refractivity contribution in [3.63, 3.8) is 0 Å². The molecule has 2 N–H and O–H groups in total. The molecular formula is C32H36N8O. The highest BCUT2D eigenvalue weighted by Gasteiger charge is 2.25. The number of aryl methyl sites for hydroxylation is 2. The van der Waals surface area contributed by atoms with E-state index in [1.807, 2.05) is 56.3 Å². The van der Waals surface area contributed by atoms with Crippen LogP contribution in [0.4, 0.5) is 11.6 Å². The Morgan fingerprint density at radius 2 is 1.54 bits per heavy atom. The molecule has 3 aromatic heterocycles. The zero-order valence-corrected chi connectivity index (χ0v) is 23.9. The Morgan fingerprint density at radius 3 is 2.20 bits per heavy atom. The summed E-state index contributed by atoms with van der Waals surface area (Å²) in [5, 5.41) is 4.86. The van der Waals surface area contributed by atoms with Crippen molar-refractivity contribution in [2.45, 2.75) is 39.3 Å². The second-order valence-electron chi connectivity index (χ2n) is 10.9. The summed E-state index contributed by atoms with van der Waals surface area (Å²) in [4.78, 5) is 27.7. The lowest BCUT2D eigenvalue weighted by Gasteiger charge is -2.37. The summed E-state index contributed by atoms with van der Waals surface area (Å²) in [5.74, 6) is 0.128. The lowest BCUT2D eigenvalue weighted by molar-refractivity contribution is 0.198. The van der Waals surface area contributed by atoms with Crippen molar-refractivity contribution < 1.29 is 0 Å². The van der Waals surface area contributed by atoms with Crippen molar-refractivity contribution in [1.29, 1.82) is 0 Å². The van der Waals surface area contributed by atoms with Crippen LogP contribution in [0.3, 0.4) is 0 Å². The Labute approximate surface area is 239 Å². The molecule has 1 fully saturated rings. The molecule has 6 rings (SSSR count). The Hall–Kier alpha value is -4.50. The van der Waals surface area contributed by atoms with Crippen LogP contribution in [-0.4, -0.2) is 61.8 Å². The molecule has 0 radical (unpaired) electrons. The summed E-state index contributed by atoms with van der Waals surface area (Å²) >= 11 is 0. The third-order valence-corrected chi connectivity index (χ3v) is 8.05. The summed E-state index contributed by atoms with van der Waals surface area (Å²) in [5.41, 5.74) is 13.0. The first kappa shape index (κ1) is 26.7. The van der Waals surface area contributed by atoms with E-state index in [-0.39, 0.29) is 11.6 Å². The topological polar surface area (TPSA) is 97.6 Å². The number of rotatable bonds is 7. The molecule has 210 valence electrons. The summed E-state index contributed by atoms with van der Waals surface area (Å²) in [6, 6.07) is 24.9. The minimum absolute atomic E-state index is 0.128. The van der Waals surface area contributed by atoms with Crippen LogP contribution in [0.1, 0.15) is 24.2 Å². The van der Waals surface area contributed by atoms with Gasteiger partial charge in [-0.3, -0.25) is 4.98 Å². The van der Waals surface area contributed by atoms with Crippen LogP contribution < -0.4 is 16.3 Å². The van der Waals surface area contributed by atoms with Crippen LogP contribution in [0, 0.1) is 13.8 Å². The second kappa shape index (κ2) is 11.2. The maximum Gasteiger partial charge on any atom is 0.353 e. The molecule has 9 heteroatoms. The monoisotopic (exact) mass is 548 g/mol. The van der Waals surface area contributed by atoms with E-state index >= 15 is 0 Å². The largest absolute Gasteiger partial charge is 0.371 e. The average molecular weight is 549 g/mol. The molecule has 0 unspecified atom stereocenters. The molecule has 5 aromatic rings. The molecule has 2 aromatic carbocycles. The van der Waals surface area contributed by atoms with Gasteiger partial charge in [0.05, 0.1) is 17.8 Å². The molecule has 0 spiro atoms. The van der Waals surface area contributed by atoms with Crippen molar-refractivity contribution in [3.8, 4) is 22.4 Å². The molecule has 1 aliphatic rings. The van der Waals surface area contributed by atoms with Crippen LogP contribution in [0.25, 0.3) is 28.0 Å². The number of benzene rings is 2. The number of hydrogen-bond acceptors (Lipinski definition) is 7. The first-order valence-corrected chi connectivity index (χ1v) is 14.2. The van der Waals surface area contributed by atoms with Gasteiger partial charge in [-0.1, -0.05) is 48.5 Å². The van der Waals surface area contributed by atoms with Gasteiger partial charge in [-0.2, -0.15) is 0 Å². The smallest absolute Gasteiger partial charge is 0.353 e. The molecule has 0 saturated carbocycles. The molecule has 0 amide bonds. The Balaban J connectivity index is 1.30. The predicted octanol–water partition coefficient (Wildman–Crippen LogP) is 4.42. The number of hydrogen-bond donors (Lipinski definition) is 1. The van der Waals surface area contributed by atoms with Gasteiger partial charge in [0.2, 0.25) is 5.95 Å². The van der Waals surface area contributed by atoms with Gasteiger partial charge in [-0.15, -0.1) is 5.10 Å². The maximum absolute atomic E-state index is 13.6. The number of para-hydroxylation sites is 1. The van der Waals surface area contributed by atoms with Crippen molar-refractivity contribution in [1.82, 2.24) is 29.0 Å². The minimum Gasteiger partial charge on any atom is -0.371 e. The Morgan fingerprint density at radius 1 is 0.902 bits per heavy atom. The normalized spacial score (nSPS) is 14.3. The molecule has 41 heavy (non-hydrogen) atoms. The number of likely N-dealkylation sites (N-methyl/N-ethyl adjacent to an activating group) is 1. The first-order chi connectivity index (χ1) is 19.9. The summed E-state index contributed by atoms with van der Waals surface area (Å²) in [7, 11) is 2.14. The molecule has 0 aliphatic carbocycles. The summed E-state index contributed by atoms with van der Waals surface area (Å²) in [6.07, 6.45) is 2.15. The van der Waals surface area contributed by atoms with E-state index < -0.39 is 0 Å². The van der Waals surface area contributed by atoms with Crippen molar-refractivity contribution in [2.75, 3.05) is 37.3 Å². The van der Waals surface area contributed by atoms with Crippen LogP contribution in [-0.2, 0) is 6.54 Å². The van der Waals surface area contributed by atoms with Gasteiger partial charge >= 0.3 is 5.69 Å². The third kappa shape index (κ3) is 5.32. The first-order valence-electron chi connectivity index (χ1n) is 14.2. The number of nitrogens with two attached hydrogens (primary N) is 1. The van der Waals surface area contributed by atoms with E-state index in [2.05, 4.69) is 52.2 Å². The highest BCUT2D eigenvalue weighted by atomic mass is 16.2. The van der Waals surface area contributed by atoms with Crippen LogP contribution in [0.5, 0.6) is 0 Å². The number of fused-ring (bicyclic) bond motifs is 1. The lowest BCUT2D eigenvalue weighted by Crippen LogP contribution is -2.44. The molecule has 0 atom stereocenters. The molecule has 0 bridgehead atoms. The quantitative estimate of drug-likeness (QED) is 0.322. The number of anilines is 2. The molecule has 1 saturated heterocycles. The fourth-order valence-electron chi connectivity index (χ4n) is 5.94. The molecule has 4 heterocycles. The van der Waals surface area contributed by atoms with Gasteiger partial charge in [0.25, 0.3) is 0 Å². The van der Waals surface area contributed by atoms with Gasteiger partial charge < -0.3 is 15.5 Å². The zero-order valence-electron chi connectivity index (χ0n) is 23.9. The van der Waals surface area contributed by atoms with Gasteiger partial charge in [0.15, 0.2) is 5.65 Å². The Bertz CT molecular complexity index is 1700. The van der Waals surface area contributed by atoms with Crippen molar-refractivity contribution in [3.05, 3.63) is 94.7 Å². The average Bonchev–Trinajstić information content (AvgIpc) is 3.32. The fraction of sp³-hybridized carbons (Fsp3) is 0.312. The van der Waals surface area contributed by atoms with E-state index in [1.165, 1.54) is 14.8 Å². The van der Waals surface area contributed by atoms with Crippen LogP contribution >= 0.6 is 0 Å². The van der Waals surface area contributed by atoms with E-state index in [4.69, 9.17) is 15.8 Å². The van der Waals surface area contributed by atoms with E-state index in [9.17, 15) is 4.79 Å². The predicted molar refractivity (Wildman–Crippen MR) is 164 cm³/mol. The Kier molecular flexibility index (Phi) is 7.28. The van der Waals surface area contributed by atoms with Crippen LogP contribution in [0.2, 0.25) is 0 Å². The number of piperidine rings is 1. The zero-order chi connectivity index (χ0) is 28.5. The highest BCUT2D eigenvalue weighted by molar-refractivity contribution is 5.90. The van der Waals surface area contributed by atoms with Crippen molar-refractivity contribution >= 4 is 17.3 Å². The summed E-state index contributed by atoms with van der Waals surface area (Å²) < 4.78 is 2.97. The van der Waals surface area contributed by atoms with Gasteiger partial charge in [-0.25, -0.2) is 18.9 Å². The third-order valence-electron chi connectivity index (χ3n) is 8.05. The molecule has 1 aliphatic heterocycles. The number of nitrogens with zero attached hydrogens (tertiary/aromatic N) is 7. The molecule has 9 nitrogen and oxygen atoms in total. The fourth-order valence-corrected chi connectivity index (χ4v) is 5.94. The van der Waals surface area contributed by atoms with Gasteiger partial charge in [0.1, 0.15) is 0 Å². The summed E-state index contributed by atoms with van der Waals surface area (Å²) in [6.45, 7) is 7.14. The second-order valence-corrected chi connectivity index (χ2v) is 10.9. The minimum atomic E-state index is -0.277.